The van der Waals surface area contributed by atoms with Crippen molar-refractivity contribution >= 4 is 18.6 Å². The molecule has 2 atom stereocenters. The zero-order chi connectivity index (χ0) is 25.7. The second kappa shape index (κ2) is 17.6. The molecule has 0 aromatic heterocycles. The molecule has 2 aromatic rings. The molecule has 0 radical (unpaired) electrons. The molecule has 1 aliphatic rings. The number of aliphatic imine (C=N–C) groups is 2. The fraction of sp³-hybridized carbons (Fsp3) is 0.448. The molecule has 1 fully saturated rings. The van der Waals surface area contributed by atoms with Crippen molar-refractivity contribution in [3.8, 4) is 11.5 Å². The van der Waals surface area contributed by atoms with E-state index in [1.54, 1.807) is 12.1 Å². The van der Waals surface area contributed by atoms with Gasteiger partial charge in [0.15, 0.2) is 0 Å². The number of benzene rings is 2. The molecule has 0 amide bonds. The maximum atomic E-state index is 10.1. The van der Waals surface area contributed by atoms with Gasteiger partial charge in [0.2, 0.25) is 0 Å². The smallest absolute Gasteiger partial charge is 0.503 e. The van der Waals surface area contributed by atoms with Crippen molar-refractivity contribution in [1.82, 2.24) is 0 Å². The summed E-state index contributed by atoms with van der Waals surface area (Å²) in [6, 6.07) is 14.9. The van der Waals surface area contributed by atoms with Crippen LogP contribution < -0.4 is 0 Å². The van der Waals surface area contributed by atoms with Gasteiger partial charge in [-0.05, 0) is 37.1 Å². The Balaban J connectivity index is 0.00000201. The van der Waals surface area contributed by atoms with E-state index in [0.717, 1.165) is 24.0 Å². The van der Waals surface area contributed by atoms with Crippen LogP contribution in [0.4, 0.5) is 4.79 Å². The molecule has 0 heterocycles. The van der Waals surface area contributed by atoms with Crippen LogP contribution in [-0.2, 0) is 17.4 Å². The minimum atomic E-state index is -1.83. The molecule has 0 saturated heterocycles. The Morgan fingerprint density at radius 1 is 0.784 bits per heavy atom. The van der Waals surface area contributed by atoms with E-state index in [4.69, 9.17) is 25.0 Å². The molecule has 4 N–H and O–H groups in total. The number of phenols is 2. The van der Waals surface area contributed by atoms with Gasteiger partial charge < -0.3 is 27.9 Å². The molecule has 0 spiro atoms. The Hall–Kier alpha value is -2.82. The van der Waals surface area contributed by atoms with Crippen LogP contribution in [0, 0.1) is 12.8 Å². The van der Waals surface area contributed by atoms with Gasteiger partial charge in [0.25, 0.3) is 0 Å². The molecule has 0 aliphatic heterocycles. The van der Waals surface area contributed by atoms with Crippen LogP contribution in [0.15, 0.2) is 58.5 Å². The van der Waals surface area contributed by atoms with Gasteiger partial charge in [0, 0.05) is 46.3 Å². The Morgan fingerprint density at radius 3 is 1.46 bits per heavy atom. The molecule has 7 nitrogen and oxygen atoms in total. The first kappa shape index (κ1) is 34.2. The van der Waals surface area contributed by atoms with E-state index in [0.29, 0.717) is 0 Å². The van der Waals surface area contributed by atoms with E-state index >= 15 is 0 Å². The summed E-state index contributed by atoms with van der Waals surface area (Å²) in [5.74, 6) is 0.507. The van der Waals surface area contributed by atoms with E-state index in [1.807, 2.05) is 48.8 Å². The Bertz CT molecular complexity index is 918. The van der Waals surface area contributed by atoms with Crippen molar-refractivity contribution < 1.29 is 42.6 Å². The molecule has 37 heavy (non-hydrogen) atoms. The van der Waals surface area contributed by atoms with Gasteiger partial charge in [-0.15, -0.1) is 0 Å². The number of carbonyl (C=O) groups is 1. The number of carboxylic acid groups (broad SMARTS) is 2. The normalized spacial score (nSPS) is 17.4. The molecular formula is C29H41CrN2O5-. The quantitative estimate of drug-likeness (QED) is 0.127. The van der Waals surface area contributed by atoms with Crippen LogP contribution in [-0.4, -0.2) is 51.1 Å². The number of rotatable bonds is 12. The van der Waals surface area contributed by atoms with Crippen molar-refractivity contribution in [3.05, 3.63) is 67.1 Å². The van der Waals surface area contributed by atoms with Crippen LogP contribution in [0.3, 0.4) is 0 Å². The summed E-state index contributed by atoms with van der Waals surface area (Å²) in [5.41, 5.74) is 1.56. The van der Waals surface area contributed by atoms with Gasteiger partial charge in [-0.1, -0.05) is 76.6 Å². The number of unbranched alkanes of at least 4 members (excludes halogenated alkanes) is 4. The molecular weight excluding hydrogens is 508 g/mol. The molecule has 0 bridgehead atoms. The predicted octanol–water partition coefficient (Wildman–Crippen LogP) is 7.20. The number of aromatic hydroxyl groups is 2. The molecule has 2 aromatic carbocycles. The first-order valence-electron chi connectivity index (χ1n) is 12.4. The third-order valence-corrected chi connectivity index (χ3v) is 6.48. The SMILES string of the molecule is CCCCCC1(CCCCC)C(N=Cc2ccccc2O)C1N=Cc1ccccc1O.O=C(O)O.[CH3-].[Cr]. The van der Waals surface area contributed by atoms with Gasteiger partial charge >= 0.3 is 6.16 Å². The Labute approximate surface area is 232 Å². The monoisotopic (exact) mass is 549 g/mol. The molecule has 1 saturated carbocycles. The number of para-hydroxylation sites is 2. The van der Waals surface area contributed by atoms with Crippen LogP contribution in [0.1, 0.15) is 76.3 Å². The maximum absolute atomic E-state index is 10.1. The van der Waals surface area contributed by atoms with Crippen molar-refractivity contribution in [3.63, 3.8) is 0 Å². The van der Waals surface area contributed by atoms with Crippen LogP contribution in [0.2, 0.25) is 0 Å². The molecule has 1 aliphatic carbocycles. The van der Waals surface area contributed by atoms with Crippen molar-refractivity contribution in [2.24, 2.45) is 15.4 Å². The maximum Gasteiger partial charge on any atom is 0.503 e. The largest absolute Gasteiger partial charge is 0.507 e. The Morgan fingerprint density at radius 2 is 1.14 bits per heavy atom. The van der Waals surface area contributed by atoms with Crippen LogP contribution in [0.25, 0.3) is 0 Å². The third-order valence-electron chi connectivity index (χ3n) is 6.48. The summed E-state index contributed by atoms with van der Waals surface area (Å²) < 4.78 is 0. The molecule has 8 heteroatoms. The topological polar surface area (TPSA) is 123 Å². The summed E-state index contributed by atoms with van der Waals surface area (Å²) >= 11 is 0. The summed E-state index contributed by atoms with van der Waals surface area (Å²) in [6.07, 6.45) is 11.2. The van der Waals surface area contributed by atoms with E-state index in [9.17, 15) is 10.2 Å². The zero-order valence-corrected chi connectivity index (χ0v) is 23.4. The van der Waals surface area contributed by atoms with Crippen LogP contribution in [0.5, 0.6) is 11.5 Å². The van der Waals surface area contributed by atoms with Crippen molar-refractivity contribution in [1.29, 1.82) is 0 Å². The van der Waals surface area contributed by atoms with Gasteiger partial charge in [0.05, 0.1) is 12.1 Å². The van der Waals surface area contributed by atoms with Gasteiger partial charge in [-0.25, -0.2) is 4.79 Å². The second-order valence-electron chi connectivity index (χ2n) is 8.99. The first-order chi connectivity index (χ1) is 16.9. The second-order valence-corrected chi connectivity index (χ2v) is 8.99. The third kappa shape index (κ3) is 10.6. The summed E-state index contributed by atoms with van der Waals surface area (Å²) in [5, 5.41) is 34.2. The standard InChI is InChI=1S/C27H36N2O2.CH2O3.CH3.Cr/c1-3-5-11-17-27(18-12-6-4-2)25(28-19-21-13-7-9-15-23(21)30)26(27)29-20-22-14-8-10-16-24(22)31;2-1(3)4;;/h7-10,13-16,19-20,25-26,30-31H,3-6,11-12,17-18H2,1-2H3;(H2,2,3,4);1H3;/q;;-1;. The summed E-state index contributed by atoms with van der Waals surface area (Å²) in [4.78, 5) is 18.4. The van der Waals surface area contributed by atoms with E-state index in [1.165, 1.54) is 38.5 Å². The zero-order valence-electron chi connectivity index (χ0n) is 22.1. The minimum Gasteiger partial charge on any atom is -0.507 e. The van der Waals surface area contributed by atoms with Crippen molar-refractivity contribution in [2.45, 2.75) is 77.3 Å². The van der Waals surface area contributed by atoms with Gasteiger partial charge in [0.1, 0.15) is 11.5 Å². The summed E-state index contributed by atoms with van der Waals surface area (Å²) in [7, 11) is 0. The molecule has 3 rings (SSSR count). The van der Waals surface area contributed by atoms with Crippen molar-refractivity contribution in [2.75, 3.05) is 0 Å². The number of nitrogens with zero attached hydrogens (tertiary/aromatic N) is 2. The van der Waals surface area contributed by atoms with E-state index in [-0.39, 0.29) is 53.8 Å². The number of phenolic OH excluding ortho intramolecular Hbond substituents is 2. The summed E-state index contributed by atoms with van der Waals surface area (Å²) in [6.45, 7) is 4.47. The van der Waals surface area contributed by atoms with E-state index in [2.05, 4.69) is 13.8 Å². The molecule has 2 unspecified atom stereocenters. The first-order valence-corrected chi connectivity index (χ1v) is 12.4. The fourth-order valence-electron chi connectivity index (χ4n) is 4.55. The van der Waals surface area contributed by atoms with Crippen LogP contribution >= 0.6 is 0 Å². The van der Waals surface area contributed by atoms with E-state index < -0.39 is 6.16 Å². The molecule has 204 valence electrons. The fourth-order valence-corrected chi connectivity index (χ4v) is 4.55. The van der Waals surface area contributed by atoms with Gasteiger partial charge in [-0.2, -0.15) is 0 Å². The number of hydrogen-bond acceptors (Lipinski definition) is 5. The predicted molar refractivity (Wildman–Crippen MR) is 147 cm³/mol. The van der Waals surface area contributed by atoms with Gasteiger partial charge in [-0.3, -0.25) is 9.98 Å². The number of hydrogen-bond donors (Lipinski definition) is 4. The minimum absolute atomic E-state index is 0. The Kier molecular flexibility index (Phi) is 16.3. The average molecular weight is 550 g/mol. The average Bonchev–Trinajstić information content (AvgIpc) is 3.42.